The normalized spacial score (nSPS) is 11.8. The molecule has 0 atom stereocenters. The van der Waals surface area contributed by atoms with Gasteiger partial charge in [-0.3, -0.25) is 4.40 Å². The van der Waals surface area contributed by atoms with Gasteiger partial charge >= 0.3 is 0 Å². The molecule has 0 spiro atoms. The average Bonchev–Trinajstić information content (AvgIpc) is 2.94. The Morgan fingerprint density at radius 3 is 2.43 bits per heavy atom. The number of aromatic nitrogens is 2. The highest BCUT2D eigenvalue weighted by molar-refractivity contribution is 6.09. The zero-order valence-corrected chi connectivity index (χ0v) is 11.3. The second-order valence-electron chi connectivity index (χ2n) is 5.37. The number of hydrogen-bond acceptors (Lipinski definition) is 1. The highest BCUT2D eigenvalue weighted by Crippen LogP contribution is 2.30. The van der Waals surface area contributed by atoms with Crippen LogP contribution in [0.1, 0.15) is 0 Å². The van der Waals surface area contributed by atoms with Gasteiger partial charge in [0.05, 0.1) is 11.0 Å². The Morgan fingerprint density at radius 2 is 1.48 bits per heavy atom. The quantitative estimate of drug-likeness (QED) is 0.394. The minimum absolute atomic E-state index is 1.00. The maximum absolute atomic E-state index is 4.62. The summed E-state index contributed by atoms with van der Waals surface area (Å²) in [5, 5.41) is 4.97. The van der Waals surface area contributed by atoms with Crippen LogP contribution >= 0.6 is 0 Å². The van der Waals surface area contributed by atoms with Crippen molar-refractivity contribution in [3.05, 3.63) is 72.9 Å². The van der Waals surface area contributed by atoms with Crippen molar-refractivity contribution in [2.45, 2.75) is 0 Å². The van der Waals surface area contributed by atoms with E-state index in [0.29, 0.717) is 0 Å². The zero-order valence-electron chi connectivity index (χ0n) is 11.3. The van der Waals surface area contributed by atoms with Crippen LogP contribution < -0.4 is 0 Å². The van der Waals surface area contributed by atoms with Crippen molar-refractivity contribution in [3.8, 4) is 0 Å². The molecule has 0 aliphatic rings. The largest absolute Gasteiger partial charge is 0.294 e. The van der Waals surface area contributed by atoms with Crippen molar-refractivity contribution >= 4 is 38.2 Å². The van der Waals surface area contributed by atoms with Crippen LogP contribution in [0.25, 0.3) is 38.2 Å². The molecule has 0 fully saturated rings. The summed E-state index contributed by atoms with van der Waals surface area (Å²) in [6, 6.07) is 23.5. The van der Waals surface area contributed by atoms with Crippen LogP contribution in [0.4, 0.5) is 0 Å². The van der Waals surface area contributed by atoms with Gasteiger partial charge < -0.3 is 0 Å². The fourth-order valence-corrected chi connectivity index (χ4v) is 3.23. The molecule has 3 aromatic carbocycles. The first kappa shape index (κ1) is 10.9. The monoisotopic (exact) mass is 268 g/mol. The van der Waals surface area contributed by atoms with Gasteiger partial charge in [-0.05, 0) is 29.0 Å². The first-order valence-electron chi connectivity index (χ1n) is 7.08. The second-order valence-corrected chi connectivity index (χ2v) is 5.37. The van der Waals surface area contributed by atoms with Crippen molar-refractivity contribution in [1.29, 1.82) is 0 Å². The van der Waals surface area contributed by atoms with Crippen molar-refractivity contribution in [3.63, 3.8) is 0 Å². The third-order valence-corrected chi connectivity index (χ3v) is 4.20. The van der Waals surface area contributed by atoms with E-state index < -0.39 is 0 Å². The van der Waals surface area contributed by atoms with E-state index in [4.69, 9.17) is 0 Å². The van der Waals surface area contributed by atoms with E-state index in [-0.39, 0.29) is 0 Å². The Morgan fingerprint density at radius 1 is 0.667 bits per heavy atom. The lowest BCUT2D eigenvalue weighted by Gasteiger charge is -2.04. The van der Waals surface area contributed by atoms with Crippen LogP contribution in [0.2, 0.25) is 0 Å². The van der Waals surface area contributed by atoms with Gasteiger partial charge in [0.2, 0.25) is 0 Å². The molecule has 0 aliphatic carbocycles. The first-order chi connectivity index (χ1) is 10.4. The fourth-order valence-electron chi connectivity index (χ4n) is 3.23. The topological polar surface area (TPSA) is 17.3 Å². The number of para-hydroxylation sites is 1. The van der Waals surface area contributed by atoms with Crippen LogP contribution in [0.15, 0.2) is 72.9 Å². The lowest BCUT2D eigenvalue weighted by atomic mass is 10.1. The van der Waals surface area contributed by atoms with E-state index in [9.17, 15) is 0 Å². The number of hydrogen-bond donors (Lipinski definition) is 0. The van der Waals surface area contributed by atoms with Crippen LogP contribution in [0.5, 0.6) is 0 Å². The summed E-state index contributed by atoms with van der Waals surface area (Å²) in [6.45, 7) is 0. The van der Waals surface area contributed by atoms with E-state index >= 15 is 0 Å². The standard InChI is InChI=1S/C19H12N2/c1-3-7-15-13(5-1)9-10-18-16(15)11-19-20-12-14-6-2-4-8-17(14)21(18)19/h1-12H. The maximum atomic E-state index is 4.62. The molecule has 0 bridgehead atoms. The second kappa shape index (κ2) is 3.83. The van der Waals surface area contributed by atoms with E-state index in [1.165, 1.54) is 27.2 Å². The minimum atomic E-state index is 1.00. The SMILES string of the molecule is c1ccc2c(c1)ccc1c2cc2ncc3ccccc3n21. The number of nitrogens with zero attached hydrogens (tertiary/aromatic N) is 2. The van der Waals surface area contributed by atoms with E-state index in [1.807, 2.05) is 6.20 Å². The molecule has 0 N–H and O–H groups in total. The molecule has 0 saturated heterocycles. The van der Waals surface area contributed by atoms with Gasteiger partial charge in [0.1, 0.15) is 5.65 Å². The Bertz CT molecular complexity index is 1140. The van der Waals surface area contributed by atoms with E-state index in [0.717, 1.165) is 11.0 Å². The predicted octanol–water partition coefficient (Wildman–Crippen LogP) is 4.79. The summed E-state index contributed by atoms with van der Waals surface area (Å²) in [7, 11) is 0. The molecule has 21 heavy (non-hydrogen) atoms. The summed E-state index contributed by atoms with van der Waals surface area (Å²) in [6.07, 6.45) is 1.95. The third kappa shape index (κ3) is 1.39. The minimum Gasteiger partial charge on any atom is -0.294 e. The third-order valence-electron chi connectivity index (χ3n) is 4.20. The van der Waals surface area contributed by atoms with E-state index in [1.54, 1.807) is 0 Å². The maximum Gasteiger partial charge on any atom is 0.138 e. The number of benzene rings is 3. The molecular formula is C19H12N2. The highest BCUT2D eigenvalue weighted by atomic mass is 15.0. The number of rotatable bonds is 0. The Hall–Kier alpha value is -2.87. The van der Waals surface area contributed by atoms with Gasteiger partial charge in [-0.25, -0.2) is 4.98 Å². The van der Waals surface area contributed by atoms with Crippen molar-refractivity contribution in [1.82, 2.24) is 9.38 Å². The van der Waals surface area contributed by atoms with E-state index in [2.05, 4.69) is 76.1 Å². The van der Waals surface area contributed by atoms with Gasteiger partial charge in [0, 0.05) is 17.0 Å². The number of fused-ring (bicyclic) bond motifs is 7. The average molecular weight is 268 g/mol. The smallest absolute Gasteiger partial charge is 0.138 e. The molecule has 0 radical (unpaired) electrons. The first-order valence-corrected chi connectivity index (χ1v) is 7.08. The summed E-state index contributed by atoms with van der Waals surface area (Å²) < 4.78 is 2.25. The van der Waals surface area contributed by atoms with Gasteiger partial charge in [-0.15, -0.1) is 0 Å². The van der Waals surface area contributed by atoms with Gasteiger partial charge in [0.15, 0.2) is 0 Å². The molecule has 5 rings (SSSR count). The molecular weight excluding hydrogens is 256 g/mol. The van der Waals surface area contributed by atoms with Crippen molar-refractivity contribution < 1.29 is 0 Å². The molecule has 2 heterocycles. The summed E-state index contributed by atoms with van der Waals surface area (Å²) in [4.78, 5) is 4.62. The predicted molar refractivity (Wildman–Crippen MR) is 87.7 cm³/mol. The van der Waals surface area contributed by atoms with Gasteiger partial charge in [-0.2, -0.15) is 0 Å². The Kier molecular flexibility index (Phi) is 1.98. The summed E-state index contributed by atoms with van der Waals surface area (Å²) in [5.41, 5.74) is 3.42. The molecule has 0 aliphatic heterocycles. The van der Waals surface area contributed by atoms with Crippen LogP contribution in [0, 0.1) is 0 Å². The molecule has 0 unspecified atom stereocenters. The molecule has 5 aromatic rings. The van der Waals surface area contributed by atoms with Crippen molar-refractivity contribution in [2.75, 3.05) is 0 Å². The van der Waals surface area contributed by atoms with Gasteiger partial charge in [-0.1, -0.05) is 48.5 Å². The van der Waals surface area contributed by atoms with Crippen LogP contribution in [-0.2, 0) is 0 Å². The molecule has 2 heteroatoms. The van der Waals surface area contributed by atoms with Crippen LogP contribution in [-0.4, -0.2) is 9.38 Å². The lowest BCUT2D eigenvalue weighted by Crippen LogP contribution is -1.89. The fraction of sp³-hybridized carbons (Fsp3) is 0. The lowest BCUT2D eigenvalue weighted by molar-refractivity contribution is 1.24. The van der Waals surface area contributed by atoms with Crippen molar-refractivity contribution in [2.24, 2.45) is 0 Å². The molecule has 98 valence electrons. The molecule has 0 saturated carbocycles. The Balaban J connectivity index is 2.11. The zero-order chi connectivity index (χ0) is 13.8. The van der Waals surface area contributed by atoms with Gasteiger partial charge in [0.25, 0.3) is 0 Å². The highest BCUT2D eigenvalue weighted by Gasteiger charge is 2.09. The molecule has 2 nitrogen and oxygen atoms in total. The van der Waals surface area contributed by atoms with Crippen LogP contribution in [0.3, 0.4) is 0 Å². The summed E-state index contributed by atoms with van der Waals surface area (Å²) >= 11 is 0. The molecule has 0 amide bonds. The Labute approximate surface area is 121 Å². The summed E-state index contributed by atoms with van der Waals surface area (Å²) in [5.74, 6) is 0. The molecule has 2 aromatic heterocycles.